The van der Waals surface area contributed by atoms with Crippen molar-refractivity contribution in [1.82, 2.24) is 5.32 Å². The van der Waals surface area contributed by atoms with Gasteiger partial charge in [0.1, 0.15) is 0 Å². The summed E-state index contributed by atoms with van der Waals surface area (Å²) in [6.07, 6.45) is 5.29. The second-order valence-corrected chi connectivity index (χ2v) is 4.17. The van der Waals surface area contributed by atoms with Crippen LogP contribution in [-0.2, 0) is 6.54 Å². The number of rotatable bonds is 4. The molecule has 0 radical (unpaired) electrons. The molecule has 0 unspecified atom stereocenters. The summed E-state index contributed by atoms with van der Waals surface area (Å²) in [5, 5.41) is 13.4. The minimum absolute atomic E-state index is 0.353. The molecule has 4 nitrogen and oxygen atoms in total. The minimum Gasteiger partial charge on any atom is -0.298 e. The van der Waals surface area contributed by atoms with Crippen molar-refractivity contribution in [2.45, 2.75) is 25.9 Å². The smallest absolute Gasteiger partial charge is 0.298 e. The van der Waals surface area contributed by atoms with E-state index in [1.165, 1.54) is 6.07 Å². The van der Waals surface area contributed by atoms with Gasteiger partial charge in [0.05, 0.1) is 10.5 Å². The van der Waals surface area contributed by atoms with E-state index in [4.69, 9.17) is 6.42 Å². The van der Waals surface area contributed by atoms with Crippen LogP contribution >= 0.6 is 0 Å². The van der Waals surface area contributed by atoms with Gasteiger partial charge in [-0.1, -0.05) is 12.0 Å². The highest BCUT2D eigenvalue weighted by molar-refractivity contribution is 5.35. The summed E-state index contributed by atoms with van der Waals surface area (Å²) >= 11 is 0. The Morgan fingerprint density at radius 2 is 2.24 bits per heavy atom. The van der Waals surface area contributed by atoms with Gasteiger partial charge in [0.25, 0.3) is 0 Å². The van der Waals surface area contributed by atoms with Crippen molar-refractivity contribution >= 4 is 5.69 Å². The molecule has 1 aromatic rings. The van der Waals surface area contributed by atoms with Crippen LogP contribution in [0.1, 0.15) is 19.4 Å². The van der Waals surface area contributed by atoms with E-state index in [2.05, 4.69) is 11.2 Å². The van der Waals surface area contributed by atoms with Crippen molar-refractivity contribution in [2.75, 3.05) is 0 Å². The van der Waals surface area contributed by atoms with Crippen molar-refractivity contribution in [3.63, 3.8) is 0 Å². The SMILES string of the molecule is C#CC(C)(C)NCc1ccc([N+](=O)[O-])c(F)c1. The molecule has 0 saturated heterocycles. The van der Waals surface area contributed by atoms with Crippen molar-refractivity contribution in [1.29, 1.82) is 0 Å². The number of nitro benzene ring substituents is 1. The topological polar surface area (TPSA) is 55.2 Å². The van der Waals surface area contributed by atoms with Crippen LogP contribution in [0.4, 0.5) is 10.1 Å². The molecule has 1 aromatic carbocycles. The van der Waals surface area contributed by atoms with Crippen LogP contribution in [0.2, 0.25) is 0 Å². The van der Waals surface area contributed by atoms with Crippen LogP contribution in [0.25, 0.3) is 0 Å². The average molecular weight is 236 g/mol. The monoisotopic (exact) mass is 236 g/mol. The van der Waals surface area contributed by atoms with Crippen LogP contribution in [0.5, 0.6) is 0 Å². The van der Waals surface area contributed by atoms with E-state index in [9.17, 15) is 14.5 Å². The van der Waals surface area contributed by atoms with Gasteiger partial charge in [0.15, 0.2) is 0 Å². The summed E-state index contributed by atoms with van der Waals surface area (Å²) in [7, 11) is 0. The highest BCUT2D eigenvalue weighted by Gasteiger charge is 2.16. The van der Waals surface area contributed by atoms with E-state index >= 15 is 0 Å². The second kappa shape index (κ2) is 4.93. The van der Waals surface area contributed by atoms with Gasteiger partial charge in [-0.15, -0.1) is 6.42 Å². The van der Waals surface area contributed by atoms with Crippen molar-refractivity contribution in [2.24, 2.45) is 0 Å². The fraction of sp³-hybridized carbons (Fsp3) is 0.333. The Bertz CT molecular complexity index is 478. The van der Waals surface area contributed by atoms with Crippen molar-refractivity contribution in [3.05, 3.63) is 39.7 Å². The fourth-order valence-corrected chi connectivity index (χ4v) is 1.18. The highest BCUT2D eigenvalue weighted by atomic mass is 19.1. The molecular formula is C12H13FN2O2. The molecule has 0 aliphatic rings. The average Bonchev–Trinajstić information content (AvgIpc) is 2.26. The maximum Gasteiger partial charge on any atom is 0.304 e. The maximum atomic E-state index is 13.3. The van der Waals surface area contributed by atoms with Gasteiger partial charge in [-0.25, -0.2) is 0 Å². The molecule has 0 aliphatic heterocycles. The molecule has 0 spiro atoms. The molecule has 0 fully saturated rings. The first-order valence-corrected chi connectivity index (χ1v) is 5.01. The molecule has 0 atom stereocenters. The molecular weight excluding hydrogens is 223 g/mol. The lowest BCUT2D eigenvalue weighted by atomic mass is 10.1. The number of hydrogen-bond acceptors (Lipinski definition) is 3. The van der Waals surface area contributed by atoms with Crippen LogP contribution in [0.15, 0.2) is 18.2 Å². The molecule has 0 bridgehead atoms. The van der Waals surface area contributed by atoms with Crippen molar-refractivity contribution < 1.29 is 9.31 Å². The standard InChI is InChI=1S/C12H13FN2O2/c1-4-12(2,3)14-8-9-5-6-11(15(16)17)10(13)7-9/h1,5-7,14H,8H2,2-3H3. The number of nitrogens with one attached hydrogen (secondary N) is 1. The number of halogens is 1. The van der Waals surface area contributed by atoms with E-state index in [0.717, 1.165) is 12.1 Å². The van der Waals surface area contributed by atoms with Gasteiger partial charge in [-0.2, -0.15) is 4.39 Å². The summed E-state index contributed by atoms with van der Waals surface area (Å²) in [6.45, 7) is 3.98. The zero-order valence-corrected chi connectivity index (χ0v) is 9.66. The Balaban J connectivity index is 2.79. The minimum atomic E-state index is -0.840. The maximum absolute atomic E-state index is 13.3. The quantitative estimate of drug-likeness (QED) is 0.495. The fourth-order valence-electron chi connectivity index (χ4n) is 1.18. The predicted molar refractivity (Wildman–Crippen MR) is 62.8 cm³/mol. The largest absolute Gasteiger partial charge is 0.304 e. The van der Waals surface area contributed by atoms with Gasteiger partial charge < -0.3 is 0 Å². The molecule has 0 aromatic heterocycles. The van der Waals surface area contributed by atoms with Gasteiger partial charge in [-0.3, -0.25) is 15.4 Å². The Morgan fingerprint density at radius 1 is 1.59 bits per heavy atom. The van der Waals surface area contributed by atoms with Crippen LogP contribution in [0, 0.1) is 28.3 Å². The van der Waals surface area contributed by atoms with Gasteiger partial charge in [-0.05, 0) is 25.5 Å². The molecule has 0 heterocycles. The molecule has 5 heteroatoms. The van der Waals surface area contributed by atoms with E-state index < -0.39 is 22.0 Å². The number of benzene rings is 1. The van der Waals surface area contributed by atoms with E-state index in [0.29, 0.717) is 12.1 Å². The zero-order chi connectivity index (χ0) is 13.1. The summed E-state index contributed by atoms with van der Waals surface area (Å²) < 4.78 is 13.3. The zero-order valence-electron chi connectivity index (χ0n) is 9.66. The van der Waals surface area contributed by atoms with E-state index in [1.54, 1.807) is 0 Å². The molecule has 0 amide bonds. The number of terminal acetylenes is 1. The van der Waals surface area contributed by atoms with Crippen LogP contribution in [-0.4, -0.2) is 10.5 Å². The molecule has 0 aliphatic carbocycles. The van der Waals surface area contributed by atoms with Crippen LogP contribution < -0.4 is 5.32 Å². The Morgan fingerprint density at radius 3 is 2.71 bits per heavy atom. The summed E-state index contributed by atoms with van der Waals surface area (Å²) in [5.74, 6) is 1.70. The van der Waals surface area contributed by atoms with Gasteiger partial charge in [0, 0.05) is 12.6 Å². The summed E-state index contributed by atoms with van der Waals surface area (Å²) in [6, 6.07) is 3.79. The van der Waals surface area contributed by atoms with Crippen LogP contribution in [0.3, 0.4) is 0 Å². The lowest BCUT2D eigenvalue weighted by molar-refractivity contribution is -0.387. The summed E-state index contributed by atoms with van der Waals surface area (Å²) in [5.41, 5.74) is -0.417. The third-order valence-electron chi connectivity index (χ3n) is 2.30. The Hall–Kier alpha value is -1.93. The molecule has 17 heavy (non-hydrogen) atoms. The summed E-state index contributed by atoms with van der Waals surface area (Å²) in [4.78, 5) is 9.67. The third kappa shape index (κ3) is 3.54. The number of hydrogen-bond donors (Lipinski definition) is 1. The third-order valence-corrected chi connectivity index (χ3v) is 2.30. The molecule has 0 saturated carbocycles. The molecule has 1 N–H and O–H groups in total. The number of nitrogens with zero attached hydrogens (tertiary/aromatic N) is 1. The number of nitro groups is 1. The first kappa shape index (κ1) is 13.1. The lowest BCUT2D eigenvalue weighted by Crippen LogP contribution is -2.36. The Labute approximate surface area is 99.0 Å². The lowest BCUT2D eigenvalue weighted by Gasteiger charge is -2.19. The van der Waals surface area contributed by atoms with Gasteiger partial charge >= 0.3 is 5.69 Å². The second-order valence-electron chi connectivity index (χ2n) is 4.17. The first-order chi connectivity index (χ1) is 7.85. The van der Waals surface area contributed by atoms with Gasteiger partial charge in [0.2, 0.25) is 5.82 Å². The van der Waals surface area contributed by atoms with E-state index in [1.807, 2.05) is 13.8 Å². The molecule has 90 valence electrons. The normalized spacial score (nSPS) is 10.9. The van der Waals surface area contributed by atoms with E-state index in [-0.39, 0.29) is 0 Å². The van der Waals surface area contributed by atoms with Crippen molar-refractivity contribution in [3.8, 4) is 12.3 Å². The first-order valence-electron chi connectivity index (χ1n) is 5.01. The Kier molecular flexibility index (Phi) is 3.81. The molecule has 1 rings (SSSR count). The predicted octanol–water partition coefficient (Wildman–Crippen LogP) is 2.24. The highest BCUT2D eigenvalue weighted by Crippen LogP contribution is 2.18.